The van der Waals surface area contributed by atoms with Crippen molar-refractivity contribution in [2.45, 2.75) is 0 Å². The molecule has 0 fully saturated rings. The monoisotopic (exact) mass is 392 g/mol. The van der Waals surface area contributed by atoms with Crippen LogP contribution in [0.3, 0.4) is 0 Å². The van der Waals surface area contributed by atoms with Crippen LogP contribution in [-0.4, -0.2) is 11.0 Å². The largest absolute Gasteiger partial charge is 0.508 e. The molecular weight excluding hydrogens is 378 g/mol. The highest BCUT2D eigenvalue weighted by molar-refractivity contribution is 6.05. The number of aromatic hydroxyl groups is 1. The van der Waals surface area contributed by atoms with Crippen LogP contribution >= 0.6 is 0 Å². The third kappa shape index (κ3) is 4.14. The van der Waals surface area contributed by atoms with Gasteiger partial charge in [-0.05, 0) is 60.7 Å². The van der Waals surface area contributed by atoms with Gasteiger partial charge in [-0.15, -0.1) is 0 Å². The highest BCUT2D eigenvalue weighted by atomic mass is 19.1. The number of nitrogens with one attached hydrogen (secondary N) is 1. The van der Waals surface area contributed by atoms with Gasteiger partial charge in [0, 0.05) is 17.1 Å². The highest BCUT2D eigenvalue weighted by Gasteiger charge is 2.14. The van der Waals surface area contributed by atoms with Gasteiger partial charge in [-0.2, -0.15) is 0 Å². The van der Waals surface area contributed by atoms with Crippen LogP contribution in [0.1, 0.15) is 10.4 Å². The van der Waals surface area contributed by atoms with Crippen molar-refractivity contribution in [3.8, 4) is 5.75 Å². The molecule has 7 heteroatoms. The SMILES string of the molecule is O=C(Nc1ccc(F)cc1)c1cc2ccc(O)cc2oc1=Nc1cccc(F)c1. The maximum absolute atomic E-state index is 13.5. The van der Waals surface area contributed by atoms with E-state index >= 15 is 0 Å². The predicted octanol–water partition coefficient (Wildman–Crippen LogP) is 4.90. The molecule has 0 aliphatic carbocycles. The molecule has 0 radical (unpaired) electrons. The number of anilines is 1. The van der Waals surface area contributed by atoms with E-state index in [0.717, 1.165) is 0 Å². The van der Waals surface area contributed by atoms with Crippen LogP contribution in [0.4, 0.5) is 20.2 Å². The number of amides is 1. The number of fused-ring (bicyclic) bond motifs is 1. The first-order valence-corrected chi connectivity index (χ1v) is 8.62. The van der Waals surface area contributed by atoms with Crippen LogP contribution in [0.15, 0.2) is 82.2 Å². The van der Waals surface area contributed by atoms with E-state index in [1.165, 1.54) is 54.6 Å². The fraction of sp³-hybridized carbons (Fsp3) is 0. The van der Waals surface area contributed by atoms with Gasteiger partial charge in [0.2, 0.25) is 5.55 Å². The van der Waals surface area contributed by atoms with Gasteiger partial charge in [0.05, 0.1) is 5.69 Å². The Kier molecular flexibility index (Phi) is 4.78. The van der Waals surface area contributed by atoms with Crippen molar-refractivity contribution >= 4 is 28.3 Å². The van der Waals surface area contributed by atoms with Crippen molar-refractivity contribution < 1.29 is 23.1 Å². The topological polar surface area (TPSA) is 74.8 Å². The zero-order valence-electron chi connectivity index (χ0n) is 14.9. The predicted molar refractivity (Wildman–Crippen MR) is 104 cm³/mol. The van der Waals surface area contributed by atoms with Crippen molar-refractivity contribution in [3.05, 3.63) is 95.5 Å². The average Bonchev–Trinajstić information content (AvgIpc) is 2.69. The van der Waals surface area contributed by atoms with Crippen molar-refractivity contribution in [1.82, 2.24) is 0 Å². The van der Waals surface area contributed by atoms with Crippen molar-refractivity contribution in [2.24, 2.45) is 4.99 Å². The van der Waals surface area contributed by atoms with E-state index < -0.39 is 17.5 Å². The van der Waals surface area contributed by atoms with Gasteiger partial charge >= 0.3 is 0 Å². The number of phenols is 1. The van der Waals surface area contributed by atoms with E-state index in [1.807, 2.05) is 0 Å². The number of hydrogen-bond acceptors (Lipinski definition) is 4. The molecule has 4 rings (SSSR count). The molecule has 144 valence electrons. The average molecular weight is 392 g/mol. The second-order valence-corrected chi connectivity index (χ2v) is 6.24. The molecule has 0 bridgehead atoms. The maximum atomic E-state index is 13.5. The molecule has 5 nitrogen and oxygen atoms in total. The number of carbonyl (C=O) groups is 1. The summed E-state index contributed by atoms with van der Waals surface area (Å²) in [4.78, 5) is 17.1. The summed E-state index contributed by atoms with van der Waals surface area (Å²) in [6, 6.07) is 16.8. The van der Waals surface area contributed by atoms with Crippen molar-refractivity contribution in [2.75, 3.05) is 5.32 Å². The van der Waals surface area contributed by atoms with Gasteiger partial charge in [-0.3, -0.25) is 4.79 Å². The van der Waals surface area contributed by atoms with Crippen LogP contribution in [0, 0.1) is 11.6 Å². The minimum absolute atomic E-state index is 0.0125. The number of phenolic OH excluding ortho intramolecular Hbond substituents is 1. The molecule has 0 atom stereocenters. The molecule has 3 aromatic carbocycles. The molecule has 0 unspecified atom stereocenters. The summed E-state index contributed by atoms with van der Waals surface area (Å²) < 4.78 is 32.3. The number of halogens is 2. The highest BCUT2D eigenvalue weighted by Crippen LogP contribution is 2.21. The van der Waals surface area contributed by atoms with Crippen molar-refractivity contribution in [3.63, 3.8) is 0 Å². The van der Waals surface area contributed by atoms with Gasteiger partial charge in [0.25, 0.3) is 5.91 Å². The molecule has 0 aliphatic rings. The Bertz CT molecular complexity index is 1280. The lowest BCUT2D eigenvalue weighted by molar-refractivity contribution is 0.102. The van der Waals surface area contributed by atoms with Crippen LogP contribution in [0.5, 0.6) is 5.75 Å². The van der Waals surface area contributed by atoms with Crippen molar-refractivity contribution in [1.29, 1.82) is 0 Å². The maximum Gasteiger partial charge on any atom is 0.261 e. The molecule has 1 heterocycles. The molecule has 0 saturated heterocycles. The number of nitrogens with zero attached hydrogens (tertiary/aromatic N) is 1. The van der Waals surface area contributed by atoms with Gasteiger partial charge < -0.3 is 14.8 Å². The van der Waals surface area contributed by atoms with Gasteiger partial charge in [0.15, 0.2) is 0 Å². The molecule has 2 N–H and O–H groups in total. The Morgan fingerprint density at radius 1 is 0.931 bits per heavy atom. The fourth-order valence-electron chi connectivity index (χ4n) is 2.75. The quantitative estimate of drug-likeness (QED) is 0.521. The zero-order valence-corrected chi connectivity index (χ0v) is 14.9. The lowest BCUT2D eigenvalue weighted by Gasteiger charge is -2.07. The molecule has 1 amide bonds. The van der Waals surface area contributed by atoms with Crippen LogP contribution in [0.25, 0.3) is 11.0 Å². The zero-order chi connectivity index (χ0) is 20.4. The normalized spacial score (nSPS) is 11.6. The fourth-order valence-corrected chi connectivity index (χ4v) is 2.75. The first-order chi connectivity index (χ1) is 14.0. The Hall–Kier alpha value is -4.00. The number of hydrogen-bond donors (Lipinski definition) is 2. The Labute approximate surface area is 163 Å². The lowest BCUT2D eigenvalue weighted by atomic mass is 10.1. The number of rotatable bonds is 3. The first-order valence-electron chi connectivity index (χ1n) is 8.62. The summed E-state index contributed by atoms with van der Waals surface area (Å²) >= 11 is 0. The van der Waals surface area contributed by atoms with Crippen LogP contribution in [-0.2, 0) is 0 Å². The summed E-state index contributed by atoms with van der Waals surface area (Å²) in [5, 5.41) is 12.9. The third-order valence-corrected chi connectivity index (χ3v) is 4.12. The summed E-state index contributed by atoms with van der Waals surface area (Å²) in [6.07, 6.45) is 0. The standard InChI is InChI=1S/C22H14F2N2O3/c23-14-5-7-16(8-6-14)25-21(28)19-10-13-4-9-18(27)12-20(13)29-22(19)26-17-3-1-2-15(24)11-17/h1-12,27H,(H,25,28). The Morgan fingerprint density at radius 2 is 1.72 bits per heavy atom. The number of carbonyl (C=O) groups excluding carboxylic acids is 1. The minimum atomic E-state index is -0.537. The van der Waals surface area contributed by atoms with Gasteiger partial charge in [-0.25, -0.2) is 13.8 Å². The summed E-state index contributed by atoms with van der Waals surface area (Å²) in [6.45, 7) is 0. The van der Waals surface area contributed by atoms with E-state index in [2.05, 4.69) is 10.3 Å². The molecule has 1 aromatic heterocycles. The molecule has 0 spiro atoms. The van der Waals surface area contributed by atoms with Gasteiger partial charge in [-0.1, -0.05) is 6.07 Å². The Balaban J connectivity index is 1.85. The lowest BCUT2D eigenvalue weighted by Crippen LogP contribution is -2.21. The van der Waals surface area contributed by atoms with Crippen LogP contribution < -0.4 is 10.9 Å². The van der Waals surface area contributed by atoms with Gasteiger partial charge in [0.1, 0.15) is 28.5 Å². The Morgan fingerprint density at radius 3 is 2.48 bits per heavy atom. The smallest absolute Gasteiger partial charge is 0.261 e. The number of benzene rings is 3. The molecular formula is C22H14F2N2O3. The minimum Gasteiger partial charge on any atom is -0.508 e. The molecule has 4 aromatic rings. The van der Waals surface area contributed by atoms with E-state index in [-0.39, 0.29) is 22.6 Å². The van der Waals surface area contributed by atoms with Crippen LogP contribution in [0.2, 0.25) is 0 Å². The first kappa shape index (κ1) is 18.4. The second-order valence-electron chi connectivity index (χ2n) is 6.24. The summed E-state index contributed by atoms with van der Waals surface area (Å²) in [7, 11) is 0. The molecule has 0 saturated carbocycles. The van der Waals surface area contributed by atoms with E-state index in [0.29, 0.717) is 16.7 Å². The summed E-state index contributed by atoms with van der Waals surface area (Å²) in [5.74, 6) is -1.46. The second kappa shape index (κ2) is 7.55. The summed E-state index contributed by atoms with van der Waals surface area (Å²) in [5.41, 5.74) is 0.978. The van der Waals surface area contributed by atoms with E-state index in [9.17, 15) is 18.7 Å². The van der Waals surface area contributed by atoms with E-state index in [4.69, 9.17) is 4.42 Å². The molecule has 29 heavy (non-hydrogen) atoms. The third-order valence-electron chi connectivity index (χ3n) is 4.12. The van der Waals surface area contributed by atoms with E-state index in [1.54, 1.807) is 18.2 Å². The molecule has 0 aliphatic heterocycles.